The smallest absolute Gasteiger partial charge is 0.272 e. The number of furan rings is 1. The molecule has 1 aromatic heterocycles. The van der Waals surface area contributed by atoms with E-state index in [4.69, 9.17) is 39.2 Å². The van der Waals surface area contributed by atoms with Gasteiger partial charge in [0.2, 0.25) is 0 Å². The highest BCUT2D eigenvalue weighted by Crippen LogP contribution is 2.31. The van der Waals surface area contributed by atoms with Gasteiger partial charge in [0.15, 0.2) is 0 Å². The van der Waals surface area contributed by atoms with Crippen molar-refractivity contribution in [3.63, 3.8) is 0 Å². The van der Waals surface area contributed by atoms with Gasteiger partial charge in [0.25, 0.3) is 5.91 Å². The van der Waals surface area contributed by atoms with Crippen molar-refractivity contribution in [1.29, 1.82) is 0 Å². The van der Waals surface area contributed by atoms with Crippen LogP contribution in [0.3, 0.4) is 0 Å². The van der Waals surface area contributed by atoms with Gasteiger partial charge in [-0.25, -0.2) is 5.43 Å². The zero-order chi connectivity index (χ0) is 17.8. The van der Waals surface area contributed by atoms with Gasteiger partial charge in [0.05, 0.1) is 21.8 Å². The van der Waals surface area contributed by atoms with Crippen LogP contribution < -0.4 is 5.43 Å². The molecule has 0 radical (unpaired) electrons. The first-order chi connectivity index (χ1) is 12.0. The van der Waals surface area contributed by atoms with Gasteiger partial charge in [-0.2, -0.15) is 5.10 Å². The lowest BCUT2D eigenvalue weighted by Gasteiger charge is -2.01. The quantitative estimate of drug-likeness (QED) is 0.458. The molecule has 0 saturated heterocycles. The van der Waals surface area contributed by atoms with Crippen LogP contribution in [0.25, 0.3) is 11.3 Å². The van der Waals surface area contributed by atoms with Crippen molar-refractivity contribution in [2.24, 2.45) is 5.10 Å². The molecule has 1 heterocycles. The summed E-state index contributed by atoms with van der Waals surface area (Å²) in [5.41, 5.74) is 3.45. The van der Waals surface area contributed by atoms with Gasteiger partial charge in [0, 0.05) is 10.6 Å². The van der Waals surface area contributed by atoms with Crippen LogP contribution in [0.5, 0.6) is 0 Å². The molecule has 0 spiro atoms. The van der Waals surface area contributed by atoms with Gasteiger partial charge in [-0.15, -0.1) is 0 Å². The maximum atomic E-state index is 12.0. The van der Waals surface area contributed by atoms with E-state index in [2.05, 4.69) is 10.5 Å². The number of nitrogens with one attached hydrogen (secondary N) is 1. The summed E-state index contributed by atoms with van der Waals surface area (Å²) >= 11 is 18.0. The molecule has 2 aromatic carbocycles. The lowest BCUT2D eigenvalue weighted by molar-refractivity contribution is 0.0955. The molecule has 4 nitrogen and oxygen atoms in total. The van der Waals surface area contributed by atoms with Gasteiger partial charge < -0.3 is 4.42 Å². The monoisotopic (exact) mass is 392 g/mol. The van der Waals surface area contributed by atoms with Crippen LogP contribution in [0.2, 0.25) is 15.1 Å². The molecule has 0 bridgehead atoms. The first-order valence-electron chi connectivity index (χ1n) is 7.18. The second-order valence-electron chi connectivity index (χ2n) is 5.01. The Balaban J connectivity index is 1.70. The minimum Gasteiger partial charge on any atom is -0.455 e. The molecule has 25 heavy (non-hydrogen) atoms. The van der Waals surface area contributed by atoms with E-state index in [0.29, 0.717) is 37.7 Å². The van der Waals surface area contributed by atoms with E-state index >= 15 is 0 Å². The van der Waals surface area contributed by atoms with Crippen molar-refractivity contribution < 1.29 is 9.21 Å². The molecule has 0 aliphatic heterocycles. The minimum atomic E-state index is -0.408. The number of rotatable bonds is 4. The van der Waals surface area contributed by atoms with E-state index < -0.39 is 5.91 Å². The molecule has 3 rings (SSSR count). The zero-order valence-electron chi connectivity index (χ0n) is 12.7. The highest BCUT2D eigenvalue weighted by molar-refractivity contribution is 6.36. The molecule has 1 N–H and O–H groups in total. The summed E-state index contributed by atoms with van der Waals surface area (Å²) in [6.45, 7) is 0. The standard InChI is InChI=1S/C18H11Cl3N2O2/c19-11-5-7-13(16(21)9-11)17-8-6-12(25-17)10-22-23-18(24)14-3-1-2-4-15(14)20/h1-10H,(H,23,24). The summed E-state index contributed by atoms with van der Waals surface area (Å²) in [6.07, 6.45) is 1.39. The van der Waals surface area contributed by atoms with Gasteiger partial charge in [-0.05, 0) is 42.5 Å². The molecule has 0 aliphatic rings. The Morgan fingerprint density at radius 3 is 2.56 bits per heavy atom. The lowest BCUT2D eigenvalue weighted by Crippen LogP contribution is -2.17. The summed E-state index contributed by atoms with van der Waals surface area (Å²) in [4.78, 5) is 12.0. The zero-order valence-corrected chi connectivity index (χ0v) is 14.9. The Kier molecular flexibility index (Phi) is 5.43. The number of carbonyl (C=O) groups excluding carboxylic acids is 1. The number of hydrogen-bond acceptors (Lipinski definition) is 3. The van der Waals surface area contributed by atoms with E-state index in [-0.39, 0.29) is 0 Å². The number of benzene rings is 2. The fraction of sp³-hybridized carbons (Fsp3) is 0. The van der Waals surface area contributed by atoms with Gasteiger partial charge in [-0.1, -0.05) is 46.9 Å². The normalized spacial score (nSPS) is 11.0. The molecular formula is C18H11Cl3N2O2. The Hall–Kier alpha value is -2.27. The third-order valence-corrected chi connectivity index (χ3v) is 4.18. The molecule has 7 heteroatoms. The first kappa shape index (κ1) is 17.5. The third kappa shape index (κ3) is 4.23. The number of halogens is 3. The number of amides is 1. The van der Waals surface area contributed by atoms with E-state index in [1.165, 1.54) is 6.21 Å². The fourth-order valence-corrected chi connectivity index (χ4v) is 2.84. The van der Waals surface area contributed by atoms with Crippen LogP contribution in [0.4, 0.5) is 0 Å². The van der Waals surface area contributed by atoms with Crippen molar-refractivity contribution in [3.8, 4) is 11.3 Å². The molecule has 0 atom stereocenters. The summed E-state index contributed by atoms with van der Waals surface area (Å²) in [6, 6.07) is 15.3. The van der Waals surface area contributed by atoms with E-state index in [9.17, 15) is 4.79 Å². The minimum absolute atomic E-state index is 0.342. The summed E-state index contributed by atoms with van der Waals surface area (Å²) in [5, 5.41) is 5.26. The van der Waals surface area contributed by atoms with Crippen molar-refractivity contribution >= 4 is 46.9 Å². The van der Waals surface area contributed by atoms with Crippen LogP contribution in [0.15, 0.2) is 64.1 Å². The van der Waals surface area contributed by atoms with E-state index in [0.717, 1.165) is 0 Å². The van der Waals surface area contributed by atoms with Crippen LogP contribution >= 0.6 is 34.8 Å². The highest BCUT2D eigenvalue weighted by atomic mass is 35.5. The largest absolute Gasteiger partial charge is 0.455 e. The van der Waals surface area contributed by atoms with Gasteiger partial charge in [0.1, 0.15) is 11.5 Å². The number of nitrogens with zero attached hydrogens (tertiary/aromatic N) is 1. The Bertz CT molecular complexity index is 951. The van der Waals surface area contributed by atoms with Crippen LogP contribution in [0.1, 0.15) is 16.1 Å². The maximum absolute atomic E-state index is 12.0. The second-order valence-corrected chi connectivity index (χ2v) is 6.26. The van der Waals surface area contributed by atoms with E-state index in [1.54, 1.807) is 54.6 Å². The van der Waals surface area contributed by atoms with Gasteiger partial charge >= 0.3 is 0 Å². The topological polar surface area (TPSA) is 54.6 Å². The fourth-order valence-electron chi connectivity index (χ4n) is 2.12. The predicted octanol–water partition coefficient (Wildman–Crippen LogP) is 5.67. The predicted molar refractivity (Wildman–Crippen MR) is 101 cm³/mol. The molecule has 3 aromatic rings. The average Bonchev–Trinajstić information content (AvgIpc) is 3.03. The Morgan fingerprint density at radius 2 is 1.80 bits per heavy atom. The second kappa shape index (κ2) is 7.74. The average molecular weight is 394 g/mol. The molecule has 1 amide bonds. The van der Waals surface area contributed by atoms with Crippen LogP contribution in [-0.4, -0.2) is 12.1 Å². The number of hydrazone groups is 1. The van der Waals surface area contributed by atoms with Crippen LogP contribution in [0, 0.1) is 0 Å². The molecule has 0 saturated carbocycles. The molecule has 126 valence electrons. The number of carbonyl (C=O) groups is 1. The summed E-state index contributed by atoms with van der Waals surface area (Å²) in [5.74, 6) is 0.621. The lowest BCUT2D eigenvalue weighted by atomic mass is 10.2. The summed E-state index contributed by atoms with van der Waals surface area (Å²) < 4.78 is 5.65. The molecule has 0 aliphatic carbocycles. The van der Waals surface area contributed by atoms with Gasteiger partial charge in [-0.3, -0.25) is 4.79 Å². The third-order valence-electron chi connectivity index (χ3n) is 3.30. The molecule has 0 unspecified atom stereocenters. The Labute approximate surface area is 159 Å². The van der Waals surface area contributed by atoms with Crippen molar-refractivity contribution in [2.45, 2.75) is 0 Å². The van der Waals surface area contributed by atoms with Crippen LogP contribution in [-0.2, 0) is 0 Å². The van der Waals surface area contributed by atoms with Crippen molar-refractivity contribution in [2.75, 3.05) is 0 Å². The summed E-state index contributed by atoms with van der Waals surface area (Å²) in [7, 11) is 0. The SMILES string of the molecule is O=C(NN=Cc1ccc(-c2ccc(Cl)cc2Cl)o1)c1ccccc1Cl. The molecule has 0 fully saturated rings. The van der Waals surface area contributed by atoms with E-state index in [1.807, 2.05) is 0 Å². The van der Waals surface area contributed by atoms with Crippen molar-refractivity contribution in [3.05, 3.63) is 81.0 Å². The van der Waals surface area contributed by atoms with Crippen molar-refractivity contribution in [1.82, 2.24) is 5.43 Å². The first-order valence-corrected chi connectivity index (χ1v) is 8.31. The Morgan fingerprint density at radius 1 is 1.00 bits per heavy atom. The highest BCUT2D eigenvalue weighted by Gasteiger charge is 2.10. The maximum Gasteiger partial charge on any atom is 0.272 e. The molecular weight excluding hydrogens is 383 g/mol. The number of hydrogen-bond donors (Lipinski definition) is 1.